The van der Waals surface area contributed by atoms with Gasteiger partial charge in [-0.15, -0.1) is 0 Å². The van der Waals surface area contributed by atoms with Gasteiger partial charge in [0.15, 0.2) is 0 Å². The van der Waals surface area contributed by atoms with Gasteiger partial charge in [-0.2, -0.15) is 0 Å². The number of allylic oxidation sites excluding steroid dienone is 4. The van der Waals surface area contributed by atoms with Crippen LogP contribution in [0.2, 0.25) is 0 Å². The van der Waals surface area contributed by atoms with Crippen molar-refractivity contribution in [2.24, 2.45) is 0 Å². The Morgan fingerprint density at radius 3 is 1.57 bits per heavy atom. The molecule has 0 amide bonds. The van der Waals surface area contributed by atoms with Gasteiger partial charge >= 0.3 is 0 Å². The van der Waals surface area contributed by atoms with E-state index in [0.717, 1.165) is 5.57 Å². The fraction of sp³-hybridized carbons (Fsp3) is 0.100. The molecule has 0 aromatic heterocycles. The number of benzene rings is 2. The summed E-state index contributed by atoms with van der Waals surface area (Å²) in [5, 5.41) is 8.63. The van der Waals surface area contributed by atoms with Crippen molar-refractivity contribution in [3.63, 3.8) is 0 Å². The molecule has 1 nitrogen and oxygen atoms in total. The molecule has 1 N–H and O–H groups in total. The van der Waals surface area contributed by atoms with Crippen LogP contribution in [-0.2, 0) is 0 Å². The Hall–Kier alpha value is -2.54. The predicted molar refractivity (Wildman–Crippen MR) is 93.4 cm³/mol. The van der Waals surface area contributed by atoms with Crippen molar-refractivity contribution in [1.82, 2.24) is 0 Å². The van der Waals surface area contributed by atoms with Crippen LogP contribution in [0.15, 0.2) is 97.6 Å². The Morgan fingerprint density at radius 1 is 0.905 bits per heavy atom. The van der Waals surface area contributed by atoms with E-state index in [1.807, 2.05) is 37.3 Å². The van der Waals surface area contributed by atoms with Gasteiger partial charge in [-0.3, -0.25) is 0 Å². The highest BCUT2D eigenvalue weighted by atomic mass is 16.3. The molecular weight excluding hydrogens is 256 g/mol. The molecule has 2 aromatic rings. The van der Waals surface area contributed by atoms with E-state index in [1.165, 1.54) is 5.56 Å². The Labute approximate surface area is 128 Å². The van der Waals surface area contributed by atoms with Crippen LogP contribution in [0, 0.1) is 6.92 Å². The molecule has 0 aliphatic rings. The van der Waals surface area contributed by atoms with E-state index >= 15 is 0 Å². The minimum atomic E-state index is 0.322. The molecule has 0 bridgehead atoms. The highest BCUT2D eigenvalue weighted by Crippen LogP contribution is 2.02. The summed E-state index contributed by atoms with van der Waals surface area (Å²) in [7, 11) is 0. The molecule has 2 rings (SSSR count). The minimum Gasteiger partial charge on any atom is -0.508 e. The van der Waals surface area contributed by atoms with Crippen molar-refractivity contribution in [3.8, 4) is 5.75 Å². The number of rotatable bonds is 2. The average Bonchev–Trinajstić information content (AvgIpc) is 2.50. The number of phenols is 1. The van der Waals surface area contributed by atoms with Gasteiger partial charge in [-0.25, -0.2) is 0 Å². The van der Waals surface area contributed by atoms with Crippen molar-refractivity contribution < 1.29 is 5.11 Å². The number of hydrogen-bond acceptors (Lipinski definition) is 1. The Kier molecular flexibility index (Phi) is 11.0. The molecule has 2 aromatic carbocycles. The summed E-state index contributed by atoms with van der Waals surface area (Å²) in [6, 6.07) is 19.0. The quantitative estimate of drug-likeness (QED) is 0.700. The van der Waals surface area contributed by atoms with Crippen molar-refractivity contribution >= 4 is 0 Å². The smallest absolute Gasteiger partial charge is 0.115 e. The normalized spacial score (nSPS) is 9.33. The lowest BCUT2D eigenvalue weighted by Crippen LogP contribution is -1.62. The van der Waals surface area contributed by atoms with Crippen molar-refractivity contribution in [1.29, 1.82) is 0 Å². The molecule has 21 heavy (non-hydrogen) atoms. The average molecular weight is 280 g/mol. The van der Waals surface area contributed by atoms with Crippen LogP contribution in [-0.4, -0.2) is 5.11 Å². The molecule has 0 aliphatic heterocycles. The highest BCUT2D eigenvalue weighted by molar-refractivity contribution is 5.18. The van der Waals surface area contributed by atoms with Gasteiger partial charge in [-0.05, 0) is 26.0 Å². The van der Waals surface area contributed by atoms with Crippen LogP contribution >= 0.6 is 0 Å². The molecule has 0 atom stereocenters. The van der Waals surface area contributed by atoms with Crippen molar-refractivity contribution in [2.75, 3.05) is 0 Å². The topological polar surface area (TPSA) is 20.2 Å². The minimum absolute atomic E-state index is 0.322. The van der Waals surface area contributed by atoms with Crippen molar-refractivity contribution in [3.05, 3.63) is 103 Å². The molecule has 0 saturated heterocycles. The first-order valence-electron chi connectivity index (χ1n) is 6.77. The maximum atomic E-state index is 8.63. The fourth-order valence-corrected chi connectivity index (χ4v) is 1.22. The second-order valence-electron chi connectivity index (χ2n) is 4.34. The first-order chi connectivity index (χ1) is 10.1. The maximum absolute atomic E-state index is 8.63. The van der Waals surface area contributed by atoms with Gasteiger partial charge in [0.1, 0.15) is 5.75 Å². The summed E-state index contributed by atoms with van der Waals surface area (Å²) in [6.45, 7) is 11.2. The molecule has 110 valence electrons. The molecule has 0 spiro atoms. The molecule has 1 heteroatoms. The standard InChI is InChI=1S/C7H8.C7H10.C6H6O/c1-7-5-3-2-4-6-7;1-4-6-7(3)5-2;7-6-4-2-1-3-5-6/h2-6H,1H3;4-6H,1-2H2,3H3;1-5,7H/b;7-6-;. The van der Waals surface area contributed by atoms with E-state index in [4.69, 9.17) is 5.11 Å². The number of aromatic hydroxyl groups is 1. The van der Waals surface area contributed by atoms with Crippen LogP contribution in [0.5, 0.6) is 5.75 Å². The van der Waals surface area contributed by atoms with Crippen LogP contribution in [0.25, 0.3) is 0 Å². The number of para-hydroxylation sites is 1. The van der Waals surface area contributed by atoms with E-state index in [0.29, 0.717) is 5.75 Å². The second-order valence-corrected chi connectivity index (χ2v) is 4.34. The third-order valence-corrected chi connectivity index (χ3v) is 2.40. The molecular formula is C20H24O. The Balaban J connectivity index is 0.000000286. The third kappa shape index (κ3) is 12.2. The summed E-state index contributed by atoms with van der Waals surface area (Å²) in [5.41, 5.74) is 2.47. The monoisotopic (exact) mass is 280 g/mol. The van der Waals surface area contributed by atoms with E-state index in [9.17, 15) is 0 Å². The van der Waals surface area contributed by atoms with E-state index in [1.54, 1.807) is 36.4 Å². The molecule has 0 unspecified atom stereocenters. The lowest BCUT2D eigenvalue weighted by atomic mass is 10.2. The zero-order chi connectivity index (χ0) is 15.9. The van der Waals surface area contributed by atoms with Gasteiger partial charge in [-0.1, -0.05) is 91.1 Å². The van der Waals surface area contributed by atoms with Gasteiger partial charge in [0.25, 0.3) is 0 Å². The highest BCUT2D eigenvalue weighted by Gasteiger charge is 1.75. The molecule has 0 saturated carbocycles. The lowest BCUT2D eigenvalue weighted by Gasteiger charge is -1.82. The second kappa shape index (κ2) is 12.5. The van der Waals surface area contributed by atoms with Crippen LogP contribution in [0.4, 0.5) is 0 Å². The van der Waals surface area contributed by atoms with E-state index < -0.39 is 0 Å². The number of hydrogen-bond donors (Lipinski definition) is 1. The molecule has 0 fully saturated rings. The molecule has 0 aliphatic carbocycles. The van der Waals surface area contributed by atoms with Crippen LogP contribution in [0.1, 0.15) is 12.5 Å². The summed E-state index contributed by atoms with van der Waals surface area (Å²) in [5.74, 6) is 0.322. The van der Waals surface area contributed by atoms with Gasteiger partial charge < -0.3 is 5.11 Å². The molecule has 0 radical (unpaired) electrons. The lowest BCUT2D eigenvalue weighted by molar-refractivity contribution is 0.475. The summed E-state index contributed by atoms with van der Waals surface area (Å²) >= 11 is 0. The van der Waals surface area contributed by atoms with E-state index in [-0.39, 0.29) is 0 Å². The van der Waals surface area contributed by atoms with Gasteiger partial charge in [0.05, 0.1) is 0 Å². The Bertz CT molecular complexity index is 487. The Morgan fingerprint density at radius 2 is 1.38 bits per heavy atom. The molecule has 0 heterocycles. The van der Waals surface area contributed by atoms with E-state index in [2.05, 4.69) is 32.2 Å². The number of phenolic OH excluding ortho intramolecular Hbond substituents is 1. The van der Waals surface area contributed by atoms with Crippen molar-refractivity contribution in [2.45, 2.75) is 13.8 Å². The number of aryl methyl sites for hydroxylation is 1. The van der Waals surface area contributed by atoms with Crippen LogP contribution in [0.3, 0.4) is 0 Å². The summed E-state index contributed by atoms with van der Waals surface area (Å²) in [4.78, 5) is 0. The summed E-state index contributed by atoms with van der Waals surface area (Å²) in [6.07, 6.45) is 5.45. The zero-order valence-electron chi connectivity index (χ0n) is 12.9. The fourth-order valence-electron chi connectivity index (χ4n) is 1.22. The SMILES string of the molecule is C=C/C=C(/C)C=C.Cc1ccccc1.Oc1ccccc1. The third-order valence-electron chi connectivity index (χ3n) is 2.40. The zero-order valence-corrected chi connectivity index (χ0v) is 12.9. The van der Waals surface area contributed by atoms with Crippen LogP contribution < -0.4 is 0 Å². The largest absolute Gasteiger partial charge is 0.508 e. The first kappa shape index (κ1) is 18.5. The summed E-state index contributed by atoms with van der Waals surface area (Å²) < 4.78 is 0. The maximum Gasteiger partial charge on any atom is 0.115 e. The first-order valence-corrected chi connectivity index (χ1v) is 6.77. The van der Waals surface area contributed by atoms with Gasteiger partial charge in [0.2, 0.25) is 0 Å². The predicted octanol–water partition coefficient (Wildman–Crippen LogP) is 5.69. The van der Waals surface area contributed by atoms with Gasteiger partial charge in [0, 0.05) is 0 Å².